The predicted molar refractivity (Wildman–Crippen MR) is 115 cm³/mol. The maximum absolute atomic E-state index is 10.5. The van der Waals surface area contributed by atoms with Gasteiger partial charge in [0.2, 0.25) is 0 Å². The highest BCUT2D eigenvalue weighted by atomic mass is 79.9. The van der Waals surface area contributed by atoms with Crippen LogP contribution in [0.25, 0.3) is 11.1 Å². The number of ether oxygens (including phenoxy) is 1. The summed E-state index contributed by atoms with van der Waals surface area (Å²) in [6, 6.07) is 16.8. The normalized spacial score (nSPS) is 11.1. The van der Waals surface area contributed by atoms with Gasteiger partial charge in [0.25, 0.3) is 0 Å². The molecule has 0 atom stereocenters. The van der Waals surface area contributed by atoms with E-state index in [9.17, 15) is 10.2 Å². The van der Waals surface area contributed by atoms with Gasteiger partial charge in [-0.25, -0.2) is 0 Å². The fraction of sp³-hybridized carbons (Fsp3) is 0.0952. The van der Waals surface area contributed by atoms with E-state index in [0.29, 0.717) is 28.1 Å². The molecule has 0 aliphatic heterocycles. The lowest BCUT2D eigenvalue weighted by molar-refractivity contribution is 0.317. The first-order valence-electron chi connectivity index (χ1n) is 8.27. The predicted octanol–water partition coefficient (Wildman–Crippen LogP) is 6.44. The number of hydrogen-bond donors (Lipinski definition) is 2. The number of rotatable bonds is 5. The van der Waals surface area contributed by atoms with Gasteiger partial charge in [0, 0.05) is 15.2 Å². The summed E-state index contributed by atoms with van der Waals surface area (Å²) in [7, 11) is 0. The van der Waals surface area contributed by atoms with Crippen LogP contribution in [-0.2, 0) is 0 Å². The lowest BCUT2D eigenvalue weighted by atomic mass is 10.0. The number of aliphatic imine (C=N–C) groups is 1. The van der Waals surface area contributed by atoms with Crippen LogP contribution in [0.4, 0.5) is 5.69 Å². The molecule has 0 aliphatic rings. The molecule has 0 aromatic heterocycles. The average Bonchev–Trinajstić information content (AvgIpc) is 2.68. The van der Waals surface area contributed by atoms with Crippen LogP contribution in [0.15, 0.2) is 68.5 Å². The van der Waals surface area contributed by atoms with Crippen molar-refractivity contribution in [2.75, 3.05) is 6.61 Å². The monoisotopic (exact) mass is 489 g/mol. The van der Waals surface area contributed by atoms with Gasteiger partial charge < -0.3 is 14.9 Å². The van der Waals surface area contributed by atoms with Gasteiger partial charge in [-0.15, -0.1) is 0 Å². The van der Waals surface area contributed by atoms with E-state index in [1.165, 1.54) is 6.21 Å². The Morgan fingerprint density at radius 1 is 1.00 bits per heavy atom. The van der Waals surface area contributed by atoms with Gasteiger partial charge in [-0.2, -0.15) is 0 Å². The van der Waals surface area contributed by atoms with Gasteiger partial charge in [0.15, 0.2) is 11.5 Å². The molecular weight excluding hydrogens is 474 g/mol. The minimum absolute atomic E-state index is 0.0191. The molecule has 3 rings (SSSR count). The first kappa shape index (κ1) is 19.5. The van der Waals surface area contributed by atoms with Gasteiger partial charge >= 0.3 is 0 Å². The Labute approximate surface area is 174 Å². The van der Waals surface area contributed by atoms with E-state index in [4.69, 9.17) is 4.74 Å². The van der Waals surface area contributed by atoms with Crippen LogP contribution in [0.3, 0.4) is 0 Å². The van der Waals surface area contributed by atoms with Crippen molar-refractivity contribution in [2.45, 2.75) is 6.92 Å². The van der Waals surface area contributed by atoms with Crippen LogP contribution < -0.4 is 4.74 Å². The molecule has 3 aromatic carbocycles. The van der Waals surface area contributed by atoms with Crippen molar-refractivity contribution >= 4 is 43.8 Å². The van der Waals surface area contributed by atoms with Crippen molar-refractivity contribution in [2.24, 2.45) is 4.99 Å². The molecule has 3 aromatic rings. The van der Waals surface area contributed by atoms with E-state index in [2.05, 4.69) is 36.9 Å². The van der Waals surface area contributed by atoms with Crippen molar-refractivity contribution in [3.8, 4) is 28.4 Å². The number of benzene rings is 3. The maximum atomic E-state index is 10.5. The van der Waals surface area contributed by atoms with Gasteiger partial charge in [0.05, 0.1) is 12.2 Å². The molecule has 27 heavy (non-hydrogen) atoms. The number of phenols is 2. The molecule has 0 amide bonds. The Kier molecular flexibility index (Phi) is 6.19. The number of halogens is 2. The Hall–Kier alpha value is -2.31. The second kappa shape index (κ2) is 8.59. The van der Waals surface area contributed by atoms with E-state index in [-0.39, 0.29) is 11.5 Å². The number of aromatic hydroxyl groups is 2. The van der Waals surface area contributed by atoms with Crippen LogP contribution in [0, 0.1) is 0 Å². The zero-order chi connectivity index (χ0) is 19.4. The molecule has 0 saturated heterocycles. The SMILES string of the molecule is CCOc1cc(Br)c(Br)c(C=Nc2cc(-c3ccccc3)ccc2O)c1O. The molecule has 0 radical (unpaired) electrons. The zero-order valence-electron chi connectivity index (χ0n) is 14.5. The maximum Gasteiger partial charge on any atom is 0.167 e. The van der Waals surface area contributed by atoms with E-state index in [1.807, 2.05) is 43.3 Å². The molecule has 0 spiro atoms. The first-order chi connectivity index (χ1) is 13.0. The van der Waals surface area contributed by atoms with Crippen molar-refractivity contribution in [3.05, 3.63) is 69.1 Å². The summed E-state index contributed by atoms with van der Waals surface area (Å²) in [4.78, 5) is 4.38. The molecule has 2 N–H and O–H groups in total. The van der Waals surface area contributed by atoms with Crippen molar-refractivity contribution in [1.29, 1.82) is 0 Å². The Balaban J connectivity index is 2.02. The quantitative estimate of drug-likeness (QED) is 0.404. The molecule has 6 heteroatoms. The third-order valence-corrected chi connectivity index (χ3v) is 5.92. The second-order valence-electron chi connectivity index (χ2n) is 5.69. The Morgan fingerprint density at radius 2 is 1.74 bits per heavy atom. The van der Waals surface area contributed by atoms with E-state index < -0.39 is 0 Å². The smallest absolute Gasteiger partial charge is 0.167 e. The van der Waals surface area contributed by atoms with Crippen molar-refractivity contribution < 1.29 is 14.9 Å². The van der Waals surface area contributed by atoms with Crippen LogP contribution in [-0.4, -0.2) is 23.0 Å². The molecule has 4 nitrogen and oxygen atoms in total. The summed E-state index contributed by atoms with van der Waals surface area (Å²) in [5.74, 6) is 0.396. The molecule has 0 heterocycles. The zero-order valence-corrected chi connectivity index (χ0v) is 17.7. The van der Waals surface area contributed by atoms with E-state index >= 15 is 0 Å². The minimum atomic E-state index is -0.0191. The molecule has 0 aliphatic carbocycles. The van der Waals surface area contributed by atoms with E-state index in [1.54, 1.807) is 18.2 Å². The summed E-state index contributed by atoms with van der Waals surface area (Å²) < 4.78 is 6.83. The summed E-state index contributed by atoms with van der Waals surface area (Å²) in [5, 5.41) is 20.6. The lowest BCUT2D eigenvalue weighted by Gasteiger charge is -2.11. The highest BCUT2D eigenvalue weighted by molar-refractivity contribution is 9.13. The Bertz CT molecular complexity index is 988. The number of phenolic OH excluding ortho intramolecular Hbond substituents is 2. The van der Waals surface area contributed by atoms with Gasteiger partial charge in [-0.1, -0.05) is 36.4 Å². The average molecular weight is 491 g/mol. The summed E-state index contributed by atoms with van der Waals surface area (Å²) in [5.41, 5.74) is 2.82. The summed E-state index contributed by atoms with van der Waals surface area (Å²) in [6.45, 7) is 2.27. The van der Waals surface area contributed by atoms with Gasteiger partial charge in [-0.3, -0.25) is 4.99 Å². The fourth-order valence-corrected chi connectivity index (χ4v) is 3.39. The summed E-state index contributed by atoms with van der Waals surface area (Å²) in [6.07, 6.45) is 1.50. The van der Waals surface area contributed by atoms with Crippen molar-refractivity contribution in [1.82, 2.24) is 0 Å². The molecule has 0 unspecified atom stereocenters. The number of nitrogens with zero attached hydrogens (tertiary/aromatic N) is 1. The van der Waals surface area contributed by atoms with Crippen LogP contribution in [0.1, 0.15) is 12.5 Å². The highest BCUT2D eigenvalue weighted by Gasteiger charge is 2.15. The van der Waals surface area contributed by atoms with Gasteiger partial charge in [0.1, 0.15) is 11.4 Å². The van der Waals surface area contributed by atoms with Crippen LogP contribution >= 0.6 is 31.9 Å². The molecule has 0 fully saturated rings. The highest BCUT2D eigenvalue weighted by Crippen LogP contribution is 2.40. The largest absolute Gasteiger partial charge is 0.506 e. The molecule has 0 bridgehead atoms. The third kappa shape index (κ3) is 4.34. The lowest BCUT2D eigenvalue weighted by Crippen LogP contribution is -1.96. The topological polar surface area (TPSA) is 62.0 Å². The molecular formula is C21H17Br2NO3. The minimum Gasteiger partial charge on any atom is -0.506 e. The first-order valence-corrected chi connectivity index (χ1v) is 9.86. The van der Waals surface area contributed by atoms with Crippen LogP contribution in [0.5, 0.6) is 17.2 Å². The standard InChI is InChI=1S/C21H17Br2NO3/c1-2-27-19-11-16(22)20(23)15(21(19)26)12-24-17-10-14(8-9-18(17)25)13-6-4-3-5-7-13/h3-12,25-26H,2H2,1H3. The Morgan fingerprint density at radius 3 is 2.44 bits per heavy atom. The van der Waals surface area contributed by atoms with E-state index in [0.717, 1.165) is 15.6 Å². The number of hydrogen-bond acceptors (Lipinski definition) is 4. The third-order valence-electron chi connectivity index (χ3n) is 3.91. The van der Waals surface area contributed by atoms with Crippen molar-refractivity contribution in [3.63, 3.8) is 0 Å². The van der Waals surface area contributed by atoms with Crippen LogP contribution in [0.2, 0.25) is 0 Å². The second-order valence-corrected chi connectivity index (χ2v) is 7.34. The molecule has 138 valence electrons. The molecule has 0 saturated carbocycles. The fourth-order valence-electron chi connectivity index (χ4n) is 2.57. The van der Waals surface area contributed by atoms with Gasteiger partial charge in [-0.05, 0) is 68.1 Å². The summed E-state index contributed by atoms with van der Waals surface area (Å²) >= 11 is 6.88.